The van der Waals surface area contributed by atoms with E-state index in [1.165, 1.54) is 0 Å². The number of hydrogen-bond donors (Lipinski definition) is 1. The van der Waals surface area contributed by atoms with Crippen molar-refractivity contribution in [1.29, 1.82) is 0 Å². The van der Waals surface area contributed by atoms with Crippen molar-refractivity contribution < 1.29 is 19.0 Å². The molecule has 0 unspecified atom stereocenters. The first kappa shape index (κ1) is 28.7. The van der Waals surface area contributed by atoms with Gasteiger partial charge in [0.05, 0.1) is 38.3 Å². The van der Waals surface area contributed by atoms with E-state index < -0.39 is 0 Å². The summed E-state index contributed by atoms with van der Waals surface area (Å²) in [7, 11) is 3.30. The Morgan fingerprint density at radius 1 is 0.950 bits per heavy atom. The lowest BCUT2D eigenvalue weighted by atomic mass is 10.1. The molecule has 0 saturated heterocycles. The van der Waals surface area contributed by atoms with Gasteiger partial charge in [0.2, 0.25) is 5.91 Å². The van der Waals surface area contributed by atoms with E-state index >= 15 is 0 Å². The Hall–Kier alpha value is -4.26. The van der Waals surface area contributed by atoms with E-state index in [2.05, 4.69) is 28.1 Å². The number of rotatable bonds is 15. The van der Waals surface area contributed by atoms with Gasteiger partial charge in [-0.15, -0.1) is 0 Å². The fourth-order valence-electron chi connectivity index (χ4n) is 4.68. The molecule has 0 aliphatic heterocycles. The van der Waals surface area contributed by atoms with Crippen molar-refractivity contribution in [2.45, 2.75) is 45.6 Å². The maximum atomic E-state index is 12.4. The van der Waals surface area contributed by atoms with Gasteiger partial charge in [0, 0.05) is 19.5 Å². The van der Waals surface area contributed by atoms with Crippen LogP contribution in [0.3, 0.4) is 0 Å². The number of nitrogens with zero attached hydrogens (tertiary/aromatic N) is 2. The molecule has 0 spiro atoms. The van der Waals surface area contributed by atoms with Crippen LogP contribution in [0.2, 0.25) is 0 Å². The van der Waals surface area contributed by atoms with Crippen LogP contribution in [0, 0.1) is 0 Å². The summed E-state index contributed by atoms with van der Waals surface area (Å²) in [6.45, 7) is 4.08. The highest BCUT2D eigenvalue weighted by Crippen LogP contribution is 2.29. The molecule has 0 atom stereocenters. The molecule has 3 aromatic carbocycles. The number of carbonyl (C=O) groups is 1. The third-order valence-electron chi connectivity index (χ3n) is 6.74. The van der Waals surface area contributed by atoms with Crippen molar-refractivity contribution in [2.24, 2.45) is 0 Å². The van der Waals surface area contributed by atoms with Crippen molar-refractivity contribution in [3.05, 3.63) is 89.8 Å². The standard InChI is InChI=1S/C33H39N3O4/c1-4-10-25-16-19-30(31(23-25)39-3)40-22-8-7-21-36-29-12-6-5-11-28(29)35-32(36)13-9-20-34-33(37)24-26-14-17-27(38-2)18-15-26/h4-6,10-12,14-19,23H,7-9,13,20-22,24H2,1-3H3,(H,34,37)/b10-4+. The van der Waals surface area contributed by atoms with Gasteiger partial charge in [-0.25, -0.2) is 4.98 Å². The molecule has 0 radical (unpaired) electrons. The van der Waals surface area contributed by atoms with Gasteiger partial charge in [-0.1, -0.05) is 42.5 Å². The quantitative estimate of drug-likeness (QED) is 0.180. The van der Waals surface area contributed by atoms with Crippen molar-refractivity contribution in [2.75, 3.05) is 27.4 Å². The van der Waals surface area contributed by atoms with Crippen LogP contribution in [0.5, 0.6) is 17.2 Å². The van der Waals surface area contributed by atoms with Crippen molar-refractivity contribution in [3.63, 3.8) is 0 Å². The number of aromatic nitrogens is 2. The summed E-state index contributed by atoms with van der Waals surface area (Å²) in [5.74, 6) is 3.36. The van der Waals surface area contributed by atoms with Gasteiger partial charge in [-0.05, 0) is 73.7 Å². The van der Waals surface area contributed by atoms with E-state index in [4.69, 9.17) is 19.2 Å². The average molecular weight is 542 g/mol. The van der Waals surface area contributed by atoms with Gasteiger partial charge in [-0.3, -0.25) is 4.79 Å². The minimum atomic E-state index is 0.0202. The molecule has 0 aliphatic carbocycles. The number of imidazole rings is 1. The number of unbranched alkanes of at least 4 members (excludes halogenated alkanes) is 1. The van der Waals surface area contributed by atoms with E-state index in [1.807, 2.05) is 67.6 Å². The van der Waals surface area contributed by atoms with E-state index in [1.54, 1.807) is 14.2 Å². The van der Waals surface area contributed by atoms with Gasteiger partial charge in [0.1, 0.15) is 11.6 Å². The average Bonchev–Trinajstić information content (AvgIpc) is 3.33. The number of aryl methyl sites for hydroxylation is 2. The number of nitrogens with one attached hydrogen (secondary N) is 1. The maximum absolute atomic E-state index is 12.4. The number of fused-ring (bicyclic) bond motifs is 1. The van der Waals surface area contributed by atoms with Gasteiger partial charge in [0.15, 0.2) is 11.5 Å². The smallest absolute Gasteiger partial charge is 0.224 e. The molecule has 0 saturated carbocycles. The van der Waals surface area contributed by atoms with Crippen LogP contribution in [0.25, 0.3) is 17.1 Å². The summed E-state index contributed by atoms with van der Waals surface area (Å²) in [6, 6.07) is 21.8. The van der Waals surface area contributed by atoms with Crippen LogP contribution in [-0.2, 0) is 24.2 Å². The van der Waals surface area contributed by atoms with E-state index in [-0.39, 0.29) is 5.91 Å². The Bertz CT molecular complexity index is 1410. The second kappa shape index (κ2) is 14.8. The molecule has 4 aromatic rings. The molecule has 210 valence electrons. The molecule has 4 rings (SSSR count). The molecule has 7 nitrogen and oxygen atoms in total. The SMILES string of the molecule is C/C=C/c1ccc(OCCCCn2c(CCCNC(=O)Cc3ccc(OC)cc3)nc3ccccc32)c(OC)c1. The van der Waals surface area contributed by atoms with Crippen LogP contribution in [0.4, 0.5) is 0 Å². The predicted octanol–water partition coefficient (Wildman–Crippen LogP) is 6.24. The first-order valence-electron chi connectivity index (χ1n) is 13.9. The number of hydrogen-bond acceptors (Lipinski definition) is 5. The number of ether oxygens (including phenoxy) is 3. The van der Waals surface area contributed by atoms with Crippen LogP contribution < -0.4 is 19.5 Å². The van der Waals surface area contributed by atoms with Crippen molar-refractivity contribution >= 4 is 23.0 Å². The molecule has 0 aliphatic rings. The first-order valence-corrected chi connectivity index (χ1v) is 13.9. The molecule has 0 bridgehead atoms. The lowest BCUT2D eigenvalue weighted by Crippen LogP contribution is -2.26. The summed E-state index contributed by atoms with van der Waals surface area (Å²) in [4.78, 5) is 17.3. The summed E-state index contributed by atoms with van der Waals surface area (Å²) in [5, 5.41) is 3.04. The van der Waals surface area contributed by atoms with E-state index in [9.17, 15) is 4.79 Å². The number of methoxy groups -OCH3 is 2. The zero-order chi connectivity index (χ0) is 28.2. The summed E-state index contributed by atoms with van der Waals surface area (Å²) < 4.78 is 19.0. The lowest BCUT2D eigenvalue weighted by Gasteiger charge is -2.12. The summed E-state index contributed by atoms with van der Waals surface area (Å²) in [5.41, 5.74) is 4.20. The number of amides is 1. The van der Waals surface area contributed by atoms with Crippen LogP contribution in [0.15, 0.2) is 72.8 Å². The third kappa shape index (κ3) is 7.88. The fraction of sp³-hybridized carbons (Fsp3) is 0.333. The van der Waals surface area contributed by atoms with Crippen LogP contribution in [0.1, 0.15) is 43.1 Å². The van der Waals surface area contributed by atoms with E-state index in [0.717, 1.165) is 77.5 Å². The zero-order valence-electron chi connectivity index (χ0n) is 23.7. The normalized spacial score (nSPS) is 11.2. The second-order valence-electron chi connectivity index (χ2n) is 9.61. The number of benzene rings is 3. The third-order valence-corrected chi connectivity index (χ3v) is 6.74. The topological polar surface area (TPSA) is 74.6 Å². The van der Waals surface area contributed by atoms with E-state index in [0.29, 0.717) is 19.6 Å². The summed E-state index contributed by atoms with van der Waals surface area (Å²) in [6.07, 6.45) is 7.89. The lowest BCUT2D eigenvalue weighted by molar-refractivity contribution is -0.120. The van der Waals surface area contributed by atoms with Gasteiger partial charge in [-0.2, -0.15) is 0 Å². The predicted molar refractivity (Wildman–Crippen MR) is 160 cm³/mol. The fourth-order valence-corrected chi connectivity index (χ4v) is 4.68. The van der Waals surface area contributed by atoms with Gasteiger partial charge in [0.25, 0.3) is 0 Å². The van der Waals surface area contributed by atoms with Crippen LogP contribution in [-0.4, -0.2) is 42.8 Å². The maximum Gasteiger partial charge on any atom is 0.224 e. The molecule has 1 heterocycles. The first-order chi connectivity index (χ1) is 19.6. The molecular weight excluding hydrogens is 502 g/mol. The highest BCUT2D eigenvalue weighted by Gasteiger charge is 2.11. The monoisotopic (exact) mass is 541 g/mol. The highest BCUT2D eigenvalue weighted by atomic mass is 16.5. The van der Waals surface area contributed by atoms with Crippen LogP contribution >= 0.6 is 0 Å². The van der Waals surface area contributed by atoms with Crippen molar-refractivity contribution in [1.82, 2.24) is 14.9 Å². The van der Waals surface area contributed by atoms with Gasteiger partial charge >= 0.3 is 0 Å². The minimum absolute atomic E-state index is 0.0202. The molecule has 7 heteroatoms. The number of para-hydroxylation sites is 2. The second-order valence-corrected chi connectivity index (χ2v) is 9.61. The summed E-state index contributed by atoms with van der Waals surface area (Å²) >= 11 is 0. The Morgan fingerprint density at radius 2 is 1.77 bits per heavy atom. The largest absolute Gasteiger partial charge is 0.497 e. The Morgan fingerprint density at radius 3 is 2.55 bits per heavy atom. The molecule has 1 aromatic heterocycles. The Balaban J connectivity index is 1.26. The van der Waals surface area contributed by atoms with Gasteiger partial charge < -0.3 is 24.1 Å². The molecule has 40 heavy (non-hydrogen) atoms. The zero-order valence-corrected chi connectivity index (χ0v) is 23.7. The Kier molecular flexibility index (Phi) is 10.6. The number of allylic oxidation sites excluding steroid dienone is 1. The molecular formula is C33H39N3O4. The molecule has 0 fully saturated rings. The molecule has 1 N–H and O–H groups in total. The highest BCUT2D eigenvalue weighted by molar-refractivity contribution is 5.78. The minimum Gasteiger partial charge on any atom is -0.497 e. The number of carbonyl (C=O) groups excluding carboxylic acids is 1. The Labute approximate surface area is 236 Å². The van der Waals surface area contributed by atoms with Crippen molar-refractivity contribution in [3.8, 4) is 17.2 Å². The molecule has 1 amide bonds.